The van der Waals surface area contributed by atoms with Crippen molar-refractivity contribution in [1.82, 2.24) is 0 Å². The minimum atomic E-state index is -4.94. The quantitative estimate of drug-likeness (QED) is 0.250. The summed E-state index contributed by atoms with van der Waals surface area (Å²) in [4.78, 5) is 0. The van der Waals surface area contributed by atoms with Crippen LogP contribution in [0, 0.1) is 10.2 Å². The normalized spacial score (nSPS) is 12.0. The van der Waals surface area contributed by atoms with E-state index in [2.05, 4.69) is 0 Å². The molecular formula is C28H36ClO11P. The van der Waals surface area contributed by atoms with E-state index >= 15 is 0 Å². The van der Waals surface area contributed by atoms with Crippen molar-refractivity contribution in [1.29, 1.82) is 0 Å². The Kier molecular flexibility index (Phi) is 12.7. The number of aliphatic hydroxyl groups excluding tert-OH is 1. The van der Waals surface area contributed by atoms with Gasteiger partial charge < -0.3 is 33.5 Å². The Morgan fingerprint density at radius 1 is 0.585 bits per heavy atom. The predicted octanol–water partition coefficient (Wildman–Crippen LogP) is -0.953. The van der Waals surface area contributed by atoms with Gasteiger partial charge in [-0.1, -0.05) is 25.1 Å². The molecule has 0 radical (unpaired) electrons. The molecule has 0 aliphatic rings. The van der Waals surface area contributed by atoms with E-state index in [1.807, 2.05) is 61.5 Å². The molecule has 3 aromatic rings. The van der Waals surface area contributed by atoms with Crippen molar-refractivity contribution in [2.45, 2.75) is 19.4 Å². The maximum absolute atomic E-state index is 11.3. The topological polar surface area (TPSA) is 168 Å². The van der Waals surface area contributed by atoms with Crippen LogP contribution >= 0.6 is 7.26 Å². The zero-order valence-electron chi connectivity index (χ0n) is 24.0. The first-order chi connectivity index (χ1) is 19.5. The van der Waals surface area contributed by atoms with Gasteiger partial charge in [0.25, 0.3) is 0 Å². The van der Waals surface area contributed by atoms with Crippen molar-refractivity contribution in [3.8, 4) is 34.5 Å². The summed E-state index contributed by atoms with van der Waals surface area (Å²) in [5.74, 6) is 3.71. The summed E-state index contributed by atoms with van der Waals surface area (Å²) in [6, 6.07) is 17.0. The Labute approximate surface area is 242 Å². The first kappa shape index (κ1) is 34.2. The SMILES string of the molecule is CCC(O)C[P+](c1c(OC)cccc1OC)(c1c(OC)cccc1OC)c1c(OC)cccc1OC.[O-][Cl+3]([O-])([O-])[O-]. The van der Waals surface area contributed by atoms with Gasteiger partial charge in [0.05, 0.1) is 48.8 Å². The Bertz CT molecular complexity index is 1060. The minimum Gasteiger partial charge on any atom is -0.492 e. The van der Waals surface area contributed by atoms with Gasteiger partial charge in [0, 0.05) is 0 Å². The summed E-state index contributed by atoms with van der Waals surface area (Å²) in [6.07, 6.45) is 0.208. The van der Waals surface area contributed by atoms with Crippen molar-refractivity contribution >= 4 is 23.2 Å². The molecule has 3 rings (SSSR count). The van der Waals surface area contributed by atoms with E-state index in [1.54, 1.807) is 42.7 Å². The fraction of sp³-hybridized carbons (Fsp3) is 0.357. The van der Waals surface area contributed by atoms with Crippen LogP contribution in [0.3, 0.4) is 0 Å². The molecule has 3 aromatic carbocycles. The highest BCUT2D eigenvalue weighted by molar-refractivity contribution is 7.96. The molecule has 1 unspecified atom stereocenters. The molecule has 0 spiro atoms. The monoisotopic (exact) mass is 614 g/mol. The van der Waals surface area contributed by atoms with Gasteiger partial charge in [0.2, 0.25) is 0 Å². The molecule has 0 bridgehead atoms. The van der Waals surface area contributed by atoms with Gasteiger partial charge in [-0.25, -0.2) is 18.6 Å². The molecule has 13 heteroatoms. The van der Waals surface area contributed by atoms with Gasteiger partial charge in [-0.3, -0.25) is 0 Å². The Balaban J connectivity index is 0.00000108. The van der Waals surface area contributed by atoms with Gasteiger partial charge >= 0.3 is 0 Å². The fourth-order valence-electron chi connectivity index (χ4n) is 4.68. The number of hydrogen-bond acceptors (Lipinski definition) is 11. The maximum Gasteiger partial charge on any atom is 0.188 e. The molecule has 0 fully saturated rings. The zero-order valence-corrected chi connectivity index (χ0v) is 25.7. The van der Waals surface area contributed by atoms with E-state index < -0.39 is 23.6 Å². The van der Waals surface area contributed by atoms with Gasteiger partial charge in [-0.05, 0) is 42.8 Å². The first-order valence-electron chi connectivity index (χ1n) is 12.3. The van der Waals surface area contributed by atoms with E-state index in [0.29, 0.717) is 47.1 Å². The van der Waals surface area contributed by atoms with E-state index in [4.69, 9.17) is 47.1 Å². The number of aliphatic hydroxyl groups is 1. The molecule has 0 aromatic heterocycles. The third-order valence-electron chi connectivity index (χ3n) is 6.31. The summed E-state index contributed by atoms with van der Waals surface area (Å²) in [5.41, 5.74) is 0. The van der Waals surface area contributed by atoms with Gasteiger partial charge in [0.15, 0.2) is 50.4 Å². The molecule has 1 N–H and O–H groups in total. The molecule has 1 atom stereocenters. The smallest absolute Gasteiger partial charge is 0.188 e. The van der Waals surface area contributed by atoms with Crippen LogP contribution in [-0.4, -0.2) is 60.0 Å². The number of ether oxygens (including phenoxy) is 6. The van der Waals surface area contributed by atoms with Crippen LogP contribution in [0.25, 0.3) is 0 Å². The van der Waals surface area contributed by atoms with Crippen molar-refractivity contribution in [3.63, 3.8) is 0 Å². The molecule has 0 saturated carbocycles. The van der Waals surface area contributed by atoms with Crippen molar-refractivity contribution in [3.05, 3.63) is 54.6 Å². The first-order valence-corrected chi connectivity index (χ1v) is 15.5. The third-order valence-corrected chi connectivity index (χ3v) is 10.9. The summed E-state index contributed by atoms with van der Waals surface area (Å²) in [7, 11) is 1.87. The van der Waals surface area contributed by atoms with E-state index in [0.717, 1.165) is 15.9 Å². The lowest BCUT2D eigenvalue weighted by atomic mass is 10.3. The highest BCUT2D eigenvalue weighted by Crippen LogP contribution is 2.65. The van der Waals surface area contributed by atoms with E-state index in [1.165, 1.54) is 0 Å². The molecule has 0 amide bonds. The molecule has 0 heterocycles. The highest BCUT2D eigenvalue weighted by Gasteiger charge is 2.58. The van der Waals surface area contributed by atoms with Crippen molar-refractivity contribution in [2.75, 3.05) is 48.8 Å². The second-order valence-corrected chi connectivity index (χ2v) is 12.5. The van der Waals surface area contributed by atoms with Gasteiger partial charge in [-0.15, -0.1) is 10.2 Å². The standard InChI is InChI=1S/C28H36O7P.ClHO4/c1-8-19(29)18-36(26-20(30-2)12-9-13-21(26)31-3,27-22(32-4)14-10-15-23(27)33-5)28-24(34-6)16-11-17-25(28)35-7;2-1(3,4)5/h9-17,19,29H,8,18H2,1-7H3;(H,2,3,4,5)/q+1;/p-1. The summed E-state index contributed by atoms with van der Waals surface area (Å²) >= 11 is 0. The Hall–Kier alpha value is -3.02. The Morgan fingerprint density at radius 2 is 0.805 bits per heavy atom. The van der Waals surface area contributed by atoms with Crippen LogP contribution in [0.5, 0.6) is 34.5 Å². The van der Waals surface area contributed by atoms with Crippen LogP contribution in [0.15, 0.2) is 54.6 Å². The van der Waals surface area contributed by atoms with Crippen LogP contribution in [0.1, 0.15) is 13.3 Å². The average molecular weight is 615 g/mol. The lowest BCUT2D eigenvalue weighted by molar-refractivity contribution is -2.00. The van der Waals surface area contributed by atoms with Crippen LogP contribution in [0.4, 0.5) is 0 Å². The second kappa shape index (κ2) is 15.3. The zero-order chi connectivity index (χ0) is 30.8. The molecule has 0 aliphatic carbocycles. The van der Waals surface area contributed by atoms with Gasteiger partial charge in [-0.2, -0.15) is 0 Å². The van der Waals surface area contributed by atoms with E-state index in [-0.39, 0.29) is 0 Å². The number of methoxy groups -OCH3 is 6. The van der Waals surface area contributed by atoms with Crippen molar-refractivity contribution in [2.24, 2.45) is 0 Å². The maximum atomic E-state index is 11.3. The summed E-state index contributed by atoms with van der Waals surface area (Å²) in [6.45, 7) is 1.96. The van der Waals surface area contributed by atoms with Crippen LogP contribution in [-0.2, 0) is 0 Å². The fourth-order valence-corrected chi connectivity index (χ4v) is 10.0. The number of halogens is 1. The second-order valence-electron chi connectivity index (χ2n) is 8.47. The lowest BCUT2D eigenvalue weighted by Crippen LogP contribution is -2.68. The number of benzene rings is 3. The predicted molar refractivity (Wildman–Crippen MR) is 146 cm³/mol. The third kappa shape index (κ3) is 7.84. The summed E-state index contributed by atoms with van der Waals surface area (Å²) in [5, 5.41) is 13.7. The van der Waals surface area contributed by atoms with Crippen molar-refractivity contribution < 1.29 is 62.4 Å². The Morgan fingerprint density at radius 3 is 0.976 bits per heavy atom. The van der Waals surface area contributed by atoms with E-state index in [9.17, 15) is 5.11 Å². The van der Waals surface area contributed by atoms with Gasteiger partial charge in [0.1, 0.15) is 13.4 Å². The highest BCUT2D eigenvalue weighted by atomic mass is 35.7. The number of hydrogen-bond donors (Lipinski definition) is 1. The lowest BCUT2D eigenvalue weighted by Gasteiger charge is -2.34. The molecule has 226 valence electrons. The molecular weight excluding hydrogens is 579 g/mol. The molecule has 11 nitrogen and oxygen atoms in total. The molecule has 0 saturated heterocycles. The number of rotatable bonds is 12. The molecule has 41 heavy (non-hydrogen) atoms. The minimum absolute atomic E-state index is 0.341. The van der Waals surface area contributed by atoms with Crippen LogP contribution in [0.2, 0.25) is 0 Å². The largest absolute Gasteiger partial charge is 0.492 e. The average Bonchev–Trinajstić information content (AvgIpc) is 2.97. The molecule has 0 aliphatic heterocycles. The van der Waals surface area contributed by atoms with Crippen LogP contribution < -0.4 is 63.0 Å². The summed E-state index contributed by atoms with van der Waals surface area (Å²) < 4.78 is 69.7.